The summed E-state index contributed by atoms with van der Waals surface area (Å²) in [5.74, 6) is 0.201. The molecule has 1 rings (SSSR count). The van der Waals surface area contributed by atoms with Crippen molar-refractivity contribution in [1.82, 2.24) is 0 Å². The third-order valence-corrected chi connectivity index (χ3v) is 2.22. The van der Waals surface area contributed by atoms with Gasteiger partial charge in [0.25, 0.3) is 0 Å². The van der Waals surface area contributed by atoms with Gasteiger partial charge in [-0.3, -0.25) is 4.79 Å². The molecule has 1 aromatic heterocycles. The molecule has 0 radical (unpaired) electrons. The van der Waals surface area contributed by atoms with Crippen LogP contribution in [0.2, 0.25) is 0 Å². The Bertz CT molecular complexity index is 338. The number of rotatable bonds is 3. The summed E-state index contributed by atoms with van der Waals surface area (Å²) in [4.78, 5) is 11.0. The molecule has 0 bridgehead atoms. The molecule has 0 saturated heterocycles. The predicted molar refractivity (Wildman–Crippen MR) is 56.5 cm³/mol. The first-order chi connectivity index (χ1) is 6.59. The van der Waals surface area contributed by atoms with Crippen LogP contribution in [-0.2, 0) is 11.8 Å². The van der Waals surface area contributed by atoms with Crippen LogP contribution in [0.4, 0.5) is 0 Å². The predicted octanol–water partition coefficient (Wildman–Crippen LogP) is 1.75. The SMILES string of the molecule is CC(=O)C(C)/C=C/c1cc[n+](C)cc1. The summed E-state index contributed by atoms with van der Waals surface area (Å²) < 4.78 is 1.98. The molecule has 14 heavy (non-hydrogen) atoms. The van der Waals surface area contributed by atoms with Crippen molar-refractivity contribution in [3.63, 3.8) is 0 Å². The van der Waals surface area contributed by atoms with Gasteiger partial charge in [-0.05, 0) is 12.5 Å². The van der Waals surface area contributed by atoms with Crippen LogP contribution in [-0.4, -0.2) is 5.78 Å². The number of hydrogen-bond acceptors (Lipinski definition) is 1. The topological polar surface area (TPSA) is 20.9 Å². The third kappa shape index (κ3) is 3.13. The number of ketones is 1. The van der Waals surface area contributed by atoms with E-state index < -0.39 is 0 Å². The molecule has 0 N–H and O–H groups in total. The van der Waals surface area contributed by atoms with E-state index in [2.05, 4.69) is 0 Å². The minimum absolute atomic E-state index is 0.00366. The molecule has 1 heterocycles. The van der Waals surface area contributed by atoms with Gasteiger partial charge in [0, 0.05) is 18.1 Å². The van der Waals surface area contributed by atoms with Gasteiger partial charge >= 0.3 is 0 Å². The van der Waals surface area contributed by atoms with E-state index in [9.17, 15) is 4.79 Å². The Kier molecular flexibility index (Phi) is 3.57. The van der Waals surface area contributed by atoms with Gasteiger partial charge in [0.1, 0.15) is 12.8 Å². The van der Waals surface area contributed by atoms with E-state index in [1.165, 1.54) is 0 Å². The highest BCUT2D eigenvalue weighted by molar-refractivity contribution is 5.80. The molecular formula is C12H16NO+. The second-order valence-electron chi connectivity index (χ2n) is 3.56. The zero-order chi connectivity index (χ0) is 10.6. The van der Waals surface area contributed by atoms with Gasteiger partial charge in [0.05, 0.1) is 0 Å². The fourth-order valence-electron chi connectivity index (χ4n) is 1.01. The zero-order valence-corrected chi connectivity index (χ0v) is 8.90. The summed E-state index contributed by atoms with van der Waals surface area (Å²) in [6.45, 7) is 3.52. The largest absolute Gasteiger partial charge is 0.299 e. The monoisotopic (exact) mass is 190 g/mol. The fourth-order valence-corrected chi connectivity index (χ4v) is 1.01. The van der Waals surface area contributed by atoms with Crippen molar-refractivity contribution in [2.75, 3.05) is 0 Å². The summed E-state index contributed by atoms with van der Waals surface area (Å²) in [5.41, 5.74) is 1.12. The maximum absolute atomic E-state index is 11.0. The van der Waals surface area contributed by atoms with Gasteiger partial charge in [0.15, 0.2) is 12.4 Å². The maximum atomic E-state index is 11.0. The van der Waals surface area contributed by atoms with E-state index in [0.29, 0.717) is 0 Å². The van der Waals surface area contributed by atoms with Crippen LogP contribution < -0.4 is 4.57 Å². The van der Waals surface area contributed by atoms with Crippen LogP contribution in [0, 0.1) is 5.92 Å². The minimum atomic E-state index is 0.00366. The summed E-state index contributed by atoms with van der Waals surface area (Å²) in [6, 6.07) is 4.03. The van der Waals surface area contributed by atoms with E-state index in [1.54, 1.807) is 6.92 Å². The lowest BCUT2D eigenvalue weighted by molar-refractivity contribution is -0.671. The van der Waals surface area contributed by atoms with Crippen molar-refractivity contribution < 1.29 is 9.36 Å². The number of nitrogens with zero attached hydrogens (tertiary/aromatic N) is 1. The van der Waals surface area contributed by atoms with Gasteiger partial charge in [0.2, 0.25) is 0 Å². The molecule has 0 aliphatic rings. The first-order valence-electron chi connectivity index (χ1n) is 4.73. The quantitative estimate of drug-likeness (QED) is 0.665. The smallest absolute Gasteiger partial charge is 0.169 e. The molecule has 2 nitrogen and oxygen atoms in total. The number of pyridine rings is 1. The van der Waals surface area contributed by atoms with E-state index in [0.717, 1.165) is 5.56 Å². The first kappa shape index (κ1) is 10.6. The minimum Gasteiger partial charge on any atom is -0.299 e. The van der Waals surface area contributed by atoms with Crippen molar-refractivity contribution >= 4 is 11.9 Å². The van der Waals surface area contributed by atoms with E-state index >= 15 is 0 Å². The molecule has 0 spiro atoms. The van der Waals surface area contributed by atoms with Crippen molar-refractivity contribution in [3.05, 3.63) is 36.2 Å². The van der Waals surface area contributed by atoms with Crippen LogP contribution in [0.25, 0.3) is 6.08 Å². The van der Waals surface area contributed by atoms with Crippen molar-refractivity contribution in [1.29, 1.82) is 0 Å². The van der Waals surface area contributed by atoms with Gasteiger partial charge in [-0.25, -0.2) is 4.57 Å². The number of aromatic nitrogens is 1. The Balaban J connectivity index is 2.69. The van der Waals surface area contributed by atoms with Crippen LogP contribution >= 0.6 is 0 Å². The molecule has 0 fully saturated rings. The molecule has 0 aliphatic heterocycles. The van der Waals surface area contributed by atoms with E-state index in [-0.39, 0.29) is 11.7 Å². The highest BCUT2D eigenvalue weighted by Crippen LogP contribution is 2.04. The number of hydrogen-bond donors (Lipinski definition) is 0. The molecule has 0 aliphatic carbocycles. The van der Waals surface area contributed by atoms with Crippen molar-refractivity contribution in [2.24, 2.45) is 13.0 Å². The Morgan fingerprint density at radius 1 is 1.43 bits per heavy atom. The van der Waals surface area contributed by atoms with Gasteiger partial charge < -0.3 is 0 Å². The summed E-state index contributed by atoms with van der Waals surface area (Å²) in [6.07, 6.45) is 7.87. The molecular weight excluding hydrogens is 174 g/mol. The Morgan fingerprint density at radius 3 is 2.50 bits per heavy atom. The average molecular weight is 190 g/mol. The summed E-state index contributed by atoms with van der Waals surface area (Å²) >= 11 is 0. The molecule has 1 unspecified atom stereocenters. The number of Topliss-reactive ketones (excluding diaryl/α,β-unsaturated/α-hetero) is 1. The average Bonchev–Trinajstić information content (AvgIpc) is 2.16. The molecule has 2 heteroatoms. The molecule has 0 aromatic carbocycles. The van der Waals surface area contributed by atoms with Gasteiger partial charge in [-0.15, -0.1) is 0 Å². The number of carbonyl (C=O) groups excluding carboxylic acids is 1. The zero-order valence-electron chi connectivity index (χ0n) is 8.90. The lowest BCUT2D eigenvalue weighted by atomic mass is 10.1. The van der Waals surface area contributed by atoms with E-state index in [1.807, 2.05) is 55.2 Å². The lowest BCUT2D eigenvalue weighted by Gasteiger charge is -1.98. The Morgan fingerprint density at radius 2 is 2.00 bits per heavy atom. The van der Waals surface area contributed by atoms with Gasteiger partial charge in [-0.2, -0.15) is 0 Å². The normalized spacial score (nSPS) is 13.1. The van der Waals surface area contributed by atoms with Gasteiger partial charge in [-0.1, -0.05) is 19.1 Å². The third-order valence-electron chi connectivity index (χ3n) is 2.22. The number of carbonyl (C=O) groups is 1. The molecule has 1 atom stereocenters. The fraction of sp³-hybridized carbons (Fsp3) is 0.333. The number of allylic oxidation sites excluding steroid dienone is 1. The van der Waals surface area contributed by atoms with Crippen LogP contribution in [0.5, 0.6) is 0 Å². The maximum Gasteiger partial charge on any atom is 0.169 e. The van der Waals surface area contributed by atoms with E-state index in [4.69, 9.17) is 0 Å². The second kappa shape index (κ2) is 4.70. The summed E-state index contributed by atoms with van der Waals surface area (Å²) in [7, 11) is 1.98. The first-order valence-corrected chi connectivity index (χ1v) is 4.73. The Labute approximate surface area is 84.9 Å². The highest BCUT2D eigenvalue weighted by atomic mass is 16.1. The standard InChI is InChI=1S/C12H16NO/c1-10(11(2)14)4-5-12-6-8-13(3)9-7-12/h4-10H,1-3H3/q+1/b5-4+. The molecule has 0 amide bonds. The second-order valence-corrected chi connectivity index (χ2v) is 3.56. The highest BCUT2D eigenvalue weighted by Gasteiger charge is 2.01. The molecule has 1 aromatic rings. The lowest BCUT2D eigenvalue weighted by Crippen LogP contribution is -2.25. The molecule has 0 saturated carbocycles. The summed E-state index contributed by atoms with van der Waals surface area (Å²) in [5, 5.41) is 0. The Hall–Kier alpha value is -1.44. The molecule has 74 valence electrons. The van der Waals surface area contributed by atoms with Crippen molar-refractivity contribution in [2.45, 2.75) is 13.8 Å². The number of aryl methyl sites for hydroxylation is 1. The van der Waals surface area contributed by atoms with Crippen LogP contribution in [0.3, 0.4) is 0 Å². The van der Waals surface area contributed by atoms with Crippen LogP contribution in [0.1, 0.15) is 19.4 Å². The van der Waals surface area contributed by atoms with Crippen molar-refractivity contribution in [3.8, 4) is 0 Å². The van der Waals surface area contributed by atoms with Crippen LogP contribution in [0.15, 0.2) is 30.6 Å².